The average molecular weight is 146 g/mol. The van der Waals surface area contributed by atoms with Gasteiger partial charge < -0.3 is 0 Å². The fourth-order valence-corrected chi connectivity index (χ4v) is 2.09. The summed E-state index contributed by atoms with van der Waals surface area (Å²) in [6.07, 6.45) is 1.44. The van der Waals surface area contributed by atoms with Crippen molar-refractivity contribution in [1.82, 2.24) is 0 Å². The van der Waals surface area contributed by atoms with Crippen LogP contribution >= 0.6 is 0 Å². The number of hydrogen-bond donors (Lipinski definition) is 0. The molecule has 0 amide bonds. The van der Waals surface area contributed by atoms with Gasteiger partial charge >= 0.3 is 57.7 Å². The predicted molar refractivity (Wildman–Crippen MR) is 26.7 cm³/mol. The van der Waals surface area contributed by atoms with Gasteiger partial charge in [0.05, 0.1) is 0 Å². The Balaban J connectivity index is 2.19. The third kappa shape index (κ3) is 5.48. The molecule has 0 aliphatic rings. The zero-order chi connectivity index (χ0) is 4.12. The van der Waals surface area contributed by atoms with Crippen molar-refractivity contribution in [2.24, 2.45) is 0 Å². The average Bonchev–Trinajstić information content (AvgIpc) is 1.41. The van der Waals surface area contributed by atoms with E-state index in [-0.39, 0.29) is 41.0 Å². The topological polar surface area (TPSA) is 0 Å². The van der Waals surface area contributed by atoms with Gasteiger partial charge in [-0.2, -0.15) is 0 Å². The van der Waals surface area contributed by atoms with Gasteiger partial charge in [0.25, 0.3) is 0 Å². The van der Waals surface area contributed by atoms with Gasteiger partial charge in [0.1, 0.15) is 0 Å². The van der Waals surface area contributed by atoms with E-state index < -0.39 is 0 Å². The molecule has 28 valence electrons. The summed E-state index contributed by atoms with van der Waals surface area (Å²) in [6.45, 7) is 2.26. The van der Waals surface area contributed by atoms with E-state index in [4.69, 9.17) is 0 Å². The van der Waals surface area contributed by atoms with E-state index in [0.29, 0.717) is 0 Å². The Kier molecular flexibility index (Phi) is 7.10. The van der Waals surface area contributed by atoms with Crippen LogP contribution in [-0.4, -0.2) is 41.0 Å². The monoisotopic (exact) mass is 146 g/mol. The summed E-state index contributed by atoms with van der Waals surface area (Å²) in [6, 6.07) is 0. The molecule has 0 spiro atoms. The molecule has 0 N–H and O–H groups in total. The molecule has 0 aliphatic heterocycles. The Morgan fingerprint density at radius 1 is 1.60 bits per heavy atom. The summed E-state index contributed by atoms with van der Waals surface area (Å²) in [5, 5.41) is 0. The second-order valence-corrected chi connectivity index (χ2v) is 5.55. The first-order chi connectivity index (χ1) is 2.41. The first-order valence-electron chi connectivity index (χ1n) is 2.41. The molecule has 0 bridgehead atoms. The third-order valence-electron chi connectivity index (χ3n) is 0.707. The van der Waals surface area contributed by atoms with Crippen molar-refractivity contribution in [3.63, 3.8) is 0 Å². The van der Waals surface area contributed by atoms with Crippen molar-refractivity contribution < 1.29 is 0 Å². The first kappa shape index (κ1) is 6.48. The standard InChI is InChI=1S/C3H7.CH3.Sr/c1-3-2;;/h1,3H2,2H3;1H3;. The molecule has 0 nitrogen and oxygen atoms in total. The van der Waals surface area contributed by atoms with E-state index in [1.54, 1.807) is 1.39 Å². The van der Waals surface area contributed by atoms with Crippen LogP contribution in [0.5, 0.6) is 0 Å². The first-order valence-corrected chi connectivity index (χ1v) is 8.35. The van der Waals surface area contributed by atoms with Crippen LogP contribution in [0.4, 0.5) is 0 Å². The van der Waals surface area contributed by atoms with Crippen molar-refractivity contribution in [1.29, 1.82) is 0 Å². The van der Waals surface area contributed by atoms with Gasteiger partial charge in [0.2, 0.25) is 0 Å². The maximum atomic E-state index is 2.42. The van der Waals surface area contributed by atoms with E-state index in [9.17, 15) is 0 Å². The van der Waals surface area contributed by atoms with Crippen LogP contribution in [0.3, 0.4) is 0 Å². The van der Waals surface area contributed by atoms with Crippen LogP contribution in [-0.2, 0) is 0 Å². The van der Waals surface area contributed by atoms with Gasteiger partial charge in [-0.05, 0) is 0 Å². The Morgan fingerprint density at radius 2 is 2.20 bits per heavy atom. The van der Waals surface area contributed by atoms with E-state index in [2.05, 4.69) is 8.82 Å². The van der Waals surface area contributed by atoms with E-state index >= 15 is 0 Å². The second kappa shape index (κ2) is 5.48. The number of hydrogen-bond acceptors (Lipinski definition) is 0. The molecule has 1 heteroatoms. The maximum absolute atomic E-state index is 2.42. The van der Waals surface area contributed by atoms with Crippen molar-refractivity contribution in [2.45, 2.75) is 16.6 Å². The van der Waals surface area contributed by atoms with Gasteiger partial charge in [0, 0.05) is 0 Å². The van der Waals surface area contributed by atoms with Crippen LogP contribution in [0, 0.1) is 0 Å². The molecular weight excluding hydrogens is 136 g/mol. The minimum absolute atomic E-state index is 0.0621. The van der Waals surface area contributed by atoms with Crippen LogP contribution in [0.15, 0.2) is 0 Å². The fraction of sp³-hybridized carbons (Fsp3) is 1.00. The molecule has 0 saturated heterocycles. The summed E-state index contributed by atoms with van der Waals surface area (Å²) >= 11 is -0.0621. The zero-order valence-corrected chi connectivity index (χ0v) is 7.60. The molecule has 0 rings (SSSR count). The zero-order valence-electron chi connectivity index (χ0n) is 4.12. The molecule has 0 heterocycles. The normalized spacial score (nSPS) is 6.80. The molecule has 0 aromatic heterocycles. The molecular formula is C4H10Sr. The summed E-state index contributed by atoms with van der Waals surface area (Å²) in [4.78, 5) is 0. The molecule has 0 fully saturated rings. The van der Waals surface area contributed by atoms with Crippen molar-refractivity contribution in [2.75, 3.05) is 0 Å². The van der Waals surface area contributed by atoms with Gasteiger partial charge in [-0.15, -0.1) is 0 Å². The van der Waals surface area contributed by atoms with Gasteiger partial charge in [0.15, 0.2) is 0 Å². The van der Waals surface area contributed by atoms with Crippen LogP contribution in [0.2, 0.25) is 3.29 Å². The molecule has 5 heavy (non-hydrogen) atoms. The quantitative estimate of drug-likeness (QED) is 0.518. The van der Waals surface area contributed by atoms with Crippen LogP contribution in [0.1, 0.15) is 13.3 Å². The van der Waals surface area contributed by atoms with Crippen molar-refractivity contribution in [3.05, 3.63) is 0 Å². The van der Waals surface area contributed by atoms with E-state index in [1.807, 2.05) is 0 Å². The van der Waals surface area contributed by atoms with E-state index in [0.717, 1.165) is 0 Å². The number of rotatable bonds is 2. The van der Waals surface area contributed by atoms with Crippen LogP contribution in [0.25, 0.3) is 0 Å². The molecule has 0 unspecified atom stereocenters. The van der Waals surface area contributed by atoms with Crippen molar-refractivity contribution >= 4 is 41.0 Å². The SMILES string of the molecule is CC[CH2][Sr][CH3]. The second-order valence-electron chi connectivity index (χ2n) is 1.35. The van der Waals surface area contributed by atoms with Gasteiger partial charge in [-0.3, -0.25) is 0 Å². The molecule has 0 aromatic rings. The molecule has 0 saturated carbocycles. The third-order valence-corrected chi connectivity index (χ3v) is 4.18. The summed E-state index contributed by atoms with van der Waals surface area (Å²) in [7, 11) is 0. The summed E-state index contributed by atoms with van der Waals surface area (Å²) < 4.78 is 4.02. The molecule has 0 atom stereocenters. The predicted octanol–water partition coefficient (Wildman–Crippen LogP) is 1.57. The van der Waals surface area contributed by atoms with E-state index in [1.165, 1.54) is 6.42 Å². The van der Waals surface area contributed by atoms with Crippen LogP contribution < -0.4 is 0 Å². The Bertz CT molecular complexity index is 11.1. The van der Waals surface area contributed by atoms with Gasteiger partial charge in [-0.1, -0.05) is 0 Å². The van der Waals surface area contributed by atoms with Gasteiger partial charge in [-0.25, -0.2) is 0 Å². The molecule has 0 aromatic carbocycles. The Hall–Kier alpha value is 1.48. The summed E-state index contributed by atoms with van der Waals surface area (Å²) in [5.74, 6) is 0. The minimum atomic E-state index is -0.0621. The fourth-order valence-electron chi connectivity index (χ4n) is 0.354. The molecule has 0 aliphatic carbocycles. The van der Waals surface area contributed by atoms with Crippen molar-refractivity contribution in [3.8, 4) is 0 Å². The Morgan fingerprint density at radius 3 is 2.20 bits per heavy atom. The molecule has 0 radical (unpaired) electrons. The Labute approximate surface area is 56.7 Å². The summed E-state index contributed by atoms with van der Waals surface area (Å²) in [5.41, 5.74) is 0.